The van der Waals surface area contributed by atoms with Crippen molar-refractivity contribution in [3.05, 3.63) is 66.0 Å². The van der Waals surface area contributed by atoms with Gasteiger partial charge in [0, 0.05) is 18.4 Å². The van der Waals surface area contributed by atoms with E-state index < -0.39 is 6.10 Å². The van der Waals surface area contributed by atoms with E-state index in [0.29, 0.717) is 11.5 Å². The number of hydrogen-bond donors (Lipinski definition) is 2. The van der Waals surface area contributed by atoms with Crippen LogP contribution in [-0.4, -0.2) is 28.2 Å². The van der Waals surface area contributed by atoms with Gasteiger partial charge in [-0.3, -0.25) is 9.89 Å². The highest BCUT2D eigenvalue weighted by Gasteiger charge is 2.19. The average Bonchev–Trinajstić information content (AvgIpc) is 3.04. The lowest BCUT2D eigenvalue weighted by molar-refractivity contribution is -0.126. The summed E-state index contributed by atoms with van der Waals surface area (Å²) in [6, 6.07) is 16.7. The first-order chi connectivity index (χ1) is 11.7. The molecule has 1 amide bonds. The van der Waals surface area contributed by atoms with E-state index in [-0.39, 0.29) is 5.91 Å². The Morgan fingerprint density at radius 3 is 2.42 bits per heavy atom. The number of anilines is 1. The SMILES string of the molecule is COC(C(=O)Nc1ccc(-c2n[nH]c(C)n2)cc1)c1ccccc1. The highest BCUT2D eigenvalue weighted by atomic mass is 16.5. The molecule has 1 unspecified atom stereocenters. The Balaban J connectivity index is 1.72. The van der Waals surface area contributed by atoms with Gasteiger partial charge in [0.2, 0.25) is 0 Å². The maximum Gasteiger partial charge on any atom is 0.258 e. The van der Waals surface area contributed by atoms with Crippen LogP contribution in [0, 0.1) is 6.92 Å². The summed E-state index contributed by atoms with van der Waals surface area (Å²) in [6.45, 7) is 1.85. The van der Waals surface area contributed by atoms with Crippen molar-refractivity contribution in [2.24, 2.45) is 0 Å². The lowest BCUT2D eigenvalue weighted by Crippen LogP contribution is -2.22. The molecular weight excluding hydrogens is 304 g/mol. The number of aromatic amines is 1. The minimum atomic E-state index is -0.651. The summed E-state index contributed by atoms with van der Waals surface area (Å²) in [5, 5.41) is 9.78. The van der Waals surface area contributed by atoms with Crippen molar-refractivity contribution in [1.29, 1.82) is 0 Å². The zero-order valence-electron chi connectivity index (χ0n) is 13.5. The van der Waals surface area contributed by atoms with Crippen molar-refractivity contribution >= 4 is 11.6 Å². The van der Waals surface area contributed by atoms with Gasteiger partial charge in [-0.25, -0.2) is 4.98 Å². The van der Waals surface area contributed by atoms with Gasteiger partial charge in [0.1, 0.15) is 5.82 Å². The molecule has 2 N–H and O–H groups in total. The molecule has 0 bridgehead atoms. The molecular formula is C18H18N4O2. The number of nitrogens with zero attached hydrogens (tertiary/aromatic N) is 2. The van der Waals surface area contributed by atoms with Gasteiger partial charge in [-0.2, -0.15) is 5.10 Å². The number of methoxy groups -OCH3 is 1. The van der Waals surface area contributed by atoms with Gasteiger partial charge in [-0.1, -0.05) is 30.3 Å². The molecule has 0 saturated heterocycles. The molecule has 3 aromatic rings. The number of amides is 1. The number of rotatable bonds is 5. The van der Waals surface area contributed by atoms with E-state index in [1.165, 1.54) is 7.11 Å². The highest BCUT2D eigenvalue weighted by molar-refractivity contribution is 5.95. The molecule has 0 aliphatic rings. The van der Waals surface area contributed by atoms with Gasteiger partial charge in [0.05, 0.1) is 0 Å². The second-order valence-corrected chi connectivity index (χ2v) is 5.34. The summed E-state index contributed by atoms with van der Waals surface area (Å²) in [4.78, 5) is 16.7. The van der Waals surface area contributed by atoms with E-state index in [1.807, 2.05) is 61.5 Å². The third kappa shape index (κ3) is 3.49. The number of ether oxygens (including phenoxy) is 1. The lowest BCUT2D eigenvalue weighted by atomic mass is 10.1. The summed E-state index contributed by atoms with van der Waals surface area (Å²) in [5.41, 5.74) is 2.38. The highest BCUT2D eigenvalue weighted by Crippen LogP contribution is 2.21. The van der Waals surface area contributed by atoms with Gasteiger partial charge in [0.15, 0.2) is 11.9 Å². The van der Waals surface area contributed by atoms with Crippen LogP contribution in [0.25, 0.3) is 11.4 Å². The molecule has 0 saturated carbocycles. The van der Waals surface area contributed by atoms with Crippen LogP contribution < -0.4 is 5.32 Å². The quantitative estimate of drug-likeness (QED) is 0.756. The first-order valence-electron chi connectivity index (χ1n) is 7.55. The van der Waals surface area contributed by atoms with Gasteiger partial charge < -0.3 is 10.1 Å². The van der Waals surface area contributed by atoms with E-state index in [4.69, 9.17) is 4.74 Å². The van der Waals surface area contributed by atoms with Gasteiger partial charge in [0.25, 0.3) is 5.91 Å². The third-order valence-corrected chi connectivity index (χ3v) is 3.58. The zero-order valence-corrected chi connectivity index (χ0v) is 13.5. The number of carbonyl (C=O) groups is 1. The Morgan fingerprint density at radius 1 is 1.12 bits per heavy atom. The van der Waals surface area contributed by atoms with Crippen molar-refractivity contribution in [2.45, 2.75) is 13.0 Å². The van der Waals surface area contributed by atoms with Crippen LogP contribution >= 0.6 is 0 Å². The van der Waals surface area contributed by atoms with Crippen LogP contribution in [-0.2, 0) is 9.53 Å². The predicted molar refractivity (Wildman–Crippen MR) is 91.4 cm³/mol. The monoisotopic (exact) mass is 322 g/mol. The number of H-pyrrole nitrogens is 1. The number of nitrogens with one attached hydrogen (secondary N) is 2. The van der Waals surface area contributed by atoms with Crippen molar-refractivity contribution in [3.63, 3.8) is 0 Å². The summed E-state index contributed by atoms with van der Waals surface area (Å²) < 4.78 is 5.33. The largest absolute Gasteiger partial charge is 0.367 e. The van der Waals surface area contributed by atoms with Gasteiger partial charge >= 0.3 is 0 Å². The molecule has 0 radical (unpaired) electrons. The van der Waals surface area contributed by atoms with Crippen molar-refractivity contribution in [1.82, 2.24) is 15.2 Å². The zero-order chi connectivity index (χ0) is 16.9. The molecule has 0 aliphatic carbocycles. The molecule has 3 rings (SSSR count). The molecule has 2 aromatic carbocycles. The van der Waals surface area contributed by atoms with Crippen molar-refractivity contribution in [2.75, 3.05) is 12.4 Å². The van der Waals surface area contributed by atoms with Gasteiger partial charge in [-0.05, 0) is 36.8 Å². The lowest BCUT2D eigenvalue weighted by Gasteiger charge is -2.15. The van der Waals surface area contributed by atoms with Crippen LogP contribution in [0.5, 0.6) is 0 Å². The summed E-state index contributed by atoms with van der Waals surface area (Å²) in [7, 11) is 1.52. The standard InChI is InChI=1S/C18H18N4O2/c1-12-19-17(22-21-12)14-8-10-15(11-9-14)20-18(23)16(24-2)13-6-4-3-5-7-13/h3-11,16H,1-2H3,(H,20,23)(H,19,21,22). The van der Waals surface area contributed by atoms with Crippen molar-refractivity contribution < 1.29 is 9.53 Å². The van der Waals surface area contributed by atoms with Crippen LogP contribution in [0.2, 0.25) is 0 Å². The Labute approximate surface area is 139 Å². The first kappa shape index (κ1) is 15.9. The molecule has 0 fully saturated rings. The number of carbonyl (C=O) groups excluding carboxylic acids is 1. The third-order valence-electron chi connectivity index (χ3n) is 3.58. The predicted octanol–water partition coefficient (Wildman–Crippen LogP) is 3.11. The molecule has 6 nitrogen and oxygen atoms in total. The van der Waals surface area contributed by atoms with Crippen LogP contribution in [0.1, 0.15) is 17.5 Å². The molecule has 1 atom stereocenters. The van der Waals surface area contributed by atoms with Crippen LogP contribution in [0.15, 0.2) is 54.6 Å². The fraction of sp³-hybridized carbons (Fsp3) is 0.167. The maximum absolute atomic E-state index is 12.4. The number of hydrogen-bond acceptors (Lipinski definition) is 4. The smallest absolute Gasteiger partial charge is 0.258 e. The molecule has 6 heteroatoms. The number of aromatic nitrogens is 3. The van der Waals surface area contributed by atoms with E-state index in [0.717, 1.165) is 17.0 Å². The Kier molecular flexibility index (Phi) is 4.67. The first-order valence-corrected chi connectivity index (χ1v) is 7.55. The number of aryl methyl sites for hydroxylation is 1. The minimum Gasteiger partial charge on any atom is -0.367 e. The van der Waals surface area contributed by atoms with E-state index in [1.54, 1.807) is 0 Å². The summed E-state index contributed by atoms with van der Waals surface area (Å²) in [5.74, 6) is 1.17. The molecule has 24 heavy (non-hydrogen) atoms. The fourth-order valence-corrected chi connectivity index (χ4v) is 2.40. The molecule has 1 aromatic heterocycles. The van der Waals surface area contributed by atoms with Gasteiger partial charge in [-0.15, -0.1) is 0 Å². The molecule has 1 heterocycles. The number of benzene rings is 2. The van der Waals surface area contributed by atoms with Crippen LogP contribution in [0.3, 0.4) is 0 Å². The average molecular weight is 322 g/mol. The maximum atomic E-state index is 12.4. The fourth-order valence-electron chi connectivity index (χ4n) is 2.40. The molecule has 0 aliphatic heterocycles. The second kappa shape index (κ2) is 7.06. The Morgan fingerprint density at radius 2 is 1.83 bits per heavy atom. The normalized spacial score (nSPS) is 11.9. The van der Waals surface area contributed by atoms with Crippen LogP contribution in [0.4, 0.5) is 5.69 Å². The Bertz CT molecular complexity index is 813. The Hall–Kier alpha value is -2.99. The molecule has 122 valence electrons. The topological polar surface area (TPSA) is 79.9 Å². The van der Waals surface area contributed by atoms with E-state index in [2.05, 4.69) is 20.5 Å². The molecule has 0 spiro atoms. The minimum absolute atomic E-state index is 0.217. The van der Waals surface area contributed by atoms with E-state index in [9.17, 15) is 4.79 Å². The van der Waals surface area contributed by atoms with E-state index >= 15 is 0 Å². The van der Waals surface area contributed by atoms with Crippen molar-refractivity contribution in [3.8, 4) is 11.4 Å². The second-order valence-electron chi connectivity index (χ2n) is 5.34. The summed E-state index contributed by atoms with van der Waals surface area (Å²) in [6.07, 6.45) is -0.651. The summed E-state index contributed by atoms with van der Waals surface area (Å²) >= 11 is 0.